The number of halogens is 3. The number of hydrogen-bond donors (Lipinski definition) is 0. The fourth-order valence-corrected chi connectivity index (χ4v) is 3.06. The summed E-state index contributed by atoms with van der Waals surface area (Å²) in [6.07, 6.45) is -3.60. The third kappa shape index (κ3) is 4.29. The number of rotatable bonds is 4. The molecule has 1 amide bonds. The maximum absolute atomic E-state index is 13.3. The van der Waals surface area contributed by atoms with Crippen LogP contribution in [-0.2, 0) is 27.8 Å². The molecule has 0 fully saturated rings. The average molecular weight is 381 g/mol. The molecule has 9 heteroatoms. The Kier molecular flexibility index (Phi) is 5.20. The summed E-state index contributed by atoms with van der Waals surface area (Å²) in [6, 6.07) is 7.03. The number of alkyl halides is 3. The van der Waals surface area contributed by atoms with Crippen molar-refractivity contribution >= 4 is 17.6 Å². The molecular weight excluding hydrogens is 363 g/mol. The summed E-state index contributed by atoms with van der Waals surface area (Å²) >= 11 is 0. The first-order chi connectivity index (χ1) is 12.8. The number of nitrogens with zero attached hydrogens (tertiary/aromatic N) is 3. The van der Waals surface area contributed by atoms with E-state index in [1.807, 2.05) is 12.1 Å². The third-order valence-electron chi connectivity index (χ3n) is 4.28. The van der Waals surface area contributed by atoms with Crippen LogP contribution in [0.15, 0.2) is 36.7 Å². The van der Waals surface area contributed by atoms with Gasteiger partial charge in [0.25, 0.3) is 0 Å². The lowest BCUT2D eigenvalue weighted by atomic mass is 10.1. The van der Waals surface area contributed by atoms with Crippen molar-refractivity contribution in [1.29, 1.82) is 0 Å². The Balaban J connectivity index is 1.80. The lowest BCUT2D eigenvalue weighted by molar-refractivity contribution is -0.223. The monoisotopic (exact) mass is 381 g/mol. The quantitative estimate of drug-likeness (QED) is 0.764. The molecule has 27 heavy (non-hydrogen) atoms. The van der Waals surface area contributed by atoms with Crippen molar-refractivity contribution in [1.82, 2.24) is 9.78 Å². The fraction of sp³-hybridized carbons (Fsp3) is 0.389. The molecule has 1 aromatic heterocycles. The number of hydrogen-bond acceptors (Lipinski definition) is 4. The van der Waals surface area contributed by atoms with Gasteiger partial charge in [0.2, 0.25) is 12.0 Å². The number of benzene rings is 1. The van der Waals surface area contributed by atoms with Crippen molar-refractivity contribution in [3.05, 3.63) is 47.8 Å². The number of anilines is 1. The molecule has 3 rings (SSSR count). The highest BCUT2D eigenvalue weighted by atomic mass is 19.4. The number of carbonyl (C=O) groups is 2. The second-order valence-electron chi connectivity index (χ2n) is 6.32. The SMILES string of the molecule is Cn1cc([C@H](OC(=O)CN2C(=O)CCCc3ccccc32)C(F)(F)F)cn1. The summed E-state index contributed by atoms with van der Waals surface area (Å²) in [4.78, 5) is 25.8. The lowest BCUT2D eigenvalue weighted by Gasteiger charge is -2.24. The molecule has 0 aliphatic carbocycles. The van der Waals surface area contributed by atoms with E-state index in [0.717, 1.165) is 18.0 Å². The van der Waals surface area contributed by atoms with Gasteiger partial charge in [0.05, 0.1) is 6.20 Å². The zero-order valence-electron chi connectivity index (χ0n) is 14.6. The number of ether oxygens (including phenoxy) is 1. The number of carbonyl (C=O) groups excluding carboxylic acids is 2. The Hall–Kier alpha value is -2.84. The molecule has 2 heterocycles. The highest BCUT2D eigenvalue weighted by Gasteiger charge is 2.45. The van der Waals surface area contributed by atoms with E-state index in [0.29, 0.717) is 18.5 Å². The van der Waals surface area contributed by atoms with Crippen LogP contribution in [-0.4, -0.2) is 34.4 Å². The van der Waals surface area contributed by atoms with Crippen molar-refractivity contribution in [3.63, 3.8) is 0 Å². The second-order valence-corrected chi connectivity index (χ2v) is 6.32. The molecule has 1 aromatic carbocycles. The first-order valence-corrected chi connectivity index (χ1v) is 8.38. The van der Waals surface area contributed by atoms with Crippen molar-refractivity contribution in [2.75, 3.05) is 11.4 Å². The van der Waals surface area contributed by atoms with Crippen molar-refractivity contribution < 1.29 is 27.5 Å². The summed E-state index contributed by atoms with van der Waals surface area (Å²) in [5, 5.41) is 3.69. The van der Waals surface area contributed by atoms with Gasteiger partial charge in [-0.2, -0.15) is 18.3 Å². The van der Waals surface area contributed by atoms with Gasteiger partial charge < -0.3 is 9.64 Å². The highest BCUT2D eigenvalue weighted by Crippen LogP contribution is 2.36. The van der Waals surface area contributed by atoms with Gasteiger partial charge in [-0.25, -0.2) is 0 Å². The Morgan fingerprint density at radius 1 is 1.30 bits per heavy atom. The summed E-state index contributed by atoms with van der Waals surface area (Å²) in [5.41, 5.74) is 1.12. The molecule has 0 radical (unpaired) electrons. The van der Waals surface area contributed by atoms with E-state index in [1.54, 1.807) is 12.1 Å². The van der Waals surface area contributed by atoms with Gasteiger partial charge >= 0.3 is 12.1 Å². The maximum atomic E-state index is 13.3. The van der Waals surface area contributed by atoms with Crippen LogP contribution in [0.25, 0.3) is 0 Å². The van der Waals surface area contributed by atoms with E-state index in [9.17, 15) is 22.8 Å². The minimum absolute atomic E-state index is 0.216. The molecular formula is C18H18F3N3O3. The summed E-state index contributed by atoms with van der Waals surface area (Å²) < 4.78 is 45.9. The van der Waals surface area contributed by atoms with E-state index in [-0.39, 0.29) is 17.9 Å². The maximum Gasteiger partial charge on any atom is 0.429 e. The molecule has 0 N–H and O–H groups in total. The standard InChI is InChI=1S/C18H18F3N3O3/c1-23-10-13(9-22-23)17(18(19,20)21)27-16(26)11-24-14-7-3-2-5-12(14)6-4-8-15(24)25/h2-3,5,7,9-10,17H,4,6,8,11H2,1H3/t17-/m0/s1. The first kappa shape index (κ1) is 18.9. The number of amides is 1. The smallest absolute Gasteiger partial charge is 0.429 e. The van der Waals surface area contributed by atoms with E-state index < -0.39 is 24.8 Å². The number of fused-ring (bicyclic) bond motifs is 1. The second kappa shape index (κ2) is 7.42. The van der Waals surface area contributed by atoms with Crippen molar-refractivity contribution in [2.45, 2.75) is 31.5 Å². The number of esters is 1. The summed E-state index contributed by atoms with van der Waals surface area (Å²) in [5.74, 6) is -1.45. The van der Waals surface area contributed by atoms with Crippen LogP contribution in [0.3, 0.4) is 0 Å². The molecule has 1 aliphatic rings. The fourth-order valence-electron chi connectivity index (χ4n) is 3.06. The van der Waals surface area contributed by atoms with Crippen molar-refractivity contribution in [3.8, 4) is 0 Å². The third-order valence-corrected chi connectivity index (χ3v) is 4.28. The number of aromatic nitrogens is 2. The lowest BCUT2D eigenvalue weighted by Crippen LogP contribution is -2.38. The Labute approximate surface area is 153 Å². The molecule has 1 aliphatic heterocycles. The average Bonchev–Trinajstić information content (AvgIpc) is 2.96. The van der Waals surface area contributed by atoms with Crippen LogP contribution in [0.4, 0.5) is 18.9 Å². The van der Waals surface area contributed by atoms with E-state index in [4.69, 9.17) is 4.74 Å². The summed E-state index contributed by atoms with van der Waals surface area (Å²) in [7, 11) is 1.46. The highest BCUT2D eigenvalue weighted by molar-refractivity contribution is 5.98. The molecule has 1 atom stereocenters. The minimum Gasteiger partial charge on any atom is -0.446 e. The largest absolute Gasteiger partial charge is 0.446 e. The van der Waals surface area contributed by atoms with Gasteiger partial charge in [-0.05, 0) is 24.5 Å². The van der Waals surface area contributed by atoms with Crippen LogP contribution < -0.4 is 4.90 Å². The van der Waals surface area contributed by atoms with Gasteiger partial charge in [0.15, 0.2) is 0 Å². The van der Waals surface area contributed by atoms with Gasteiger partial charge in [0.1, 0.15) is 6.54 Å². The topological polar surface area (TPSA) is 64.4 Å². The Morgan fingerprint density at radius 2 is 2.04 bits per heavy atom. The zero-order chi connectivity index (χ0) is 19.6. The number of aryl methyl sites for hydroxylation is 2. The van der Waals surface area contributed by atoms with E-state index >= 15 is 0 Å². The molecule has 0 unspecified atom stereocenters. The Morgan fingerprint density at radius 3 is 2.70 bits per heavy atom. The Bertz CT molecular complexity index is 848. The van der Waals surface area contributed by atoms with Gasteiger partial charge in [-0.1, -0.05) is 18.2 Å². The predicted molar refractivity (Wildman–Crippen MR) is 89.8 cm³/mol. The predicted octanol–water partition coefficient (Wildman–Crippen LogP) is 2.94. The van der Waals surface area contributed by atoms with Crippen LogP contribution in [0.2, 0.25) is 0 Å². The molecule has 0 bridgehead atoms. The van der Waals surface area contributed by atoms with Crippen LogP contribution in [0, 0.1) is 0 Å². The molecule has 6 nitrogen and oxygen atoms in total. The van der Waals surface area contributed by atoms with Gasteiger partial charge in [-0.3, -0.25) is 14.3 Å². The van der Waals surface area contributed by atoms with E-state index in [1.165, 1.54) is 16.6 Å². The molecule has 2 aromatic rings. The van der Waals surface area contributed by atoms with E-state index in [2.05, 4.69) is 5.10 Å². The molecule has 0 saturated heterocycles. The normalized spacial score (nSPS) is 15.9. The zero-order valence-corrected chi connectivity index (χ0v) is 14.6. The first-order valence-electron chi connectivity index (χ1n) is 8.38. The van der Waals surface area contributed by atoms with Gasteiger partial charge in [0, 0.05) is 30.9 Å². The molecule has 0 saturated carbocycles. The minimum atomic E-state index is -4.79. The van der Waals surface area contributed by atoms with Crippen LogP contribution in [0.5, 0.6) is 0 Å². The number of para-hydroxylation sites is 1. The van der Waals surface area contributed by atoms with Crippen LogP contribution >= 0.6 is 0 Å². The van der Waals surface area contributed by atoms with Crippen molar-refractivity contribution in [2.24, 2.45) is 7.05 Å². The molecule has 144 valence electrons. The molecule has 0 spiro atoms. The van der Waals surface area contributed by atoms with Gasteiger partial charge in [-0.15, -0.1) is 0 Å². The van der Waals surface area contributed by atoms with Crippen LogP contribution in [0.1, 0.15) is 30.1 Å². The summed E-state index contributed by atoms with van der Waals surface area (Å²) in [6.45, 7) is -0.581.